The van der Waals surface area contributed by atoms with E-state index in [4.69, 9.17) is 9.47 Å². The Morgan fingerprint density at radius 1 is 1.00 bits per heavy atom. The highest BCUT2D eigenvalue weighted by molar-refractivity contribution is 7.14. The van der Waals surface area contributed by atoms with Crippen molar-refractivity contribution in [3.63, 3.8) is 0 Å². The molecule has 4 heteroatoms. The highest BCUT2D eigenvalue weighted by Gasteiger charge is 2.19. The third kappa shape index (κ3) is 11.8. The highest BCUT2D eigenvalue weighted by atomic mass is 32.1. The number of hydrogen-bond donors (Lipinski definition) is 0. The van der Waals surface area contributed by atoms with Crippen molar-refractivity contribution in [2.75, 3.05) is 13.2 Å². The van der Waals surface area contributed by atoms with Gasteiger partial charge >= 0.3 is 5.97 Å². The van der Waals surface area contributed by atoms with E-state index in [2.05, 4.69) is 92.4 Å². The number of carbonyl (C=O) groups excluding carboxylic acids is 1. The lowest BCUT2D eigenvalue weighted by Crippen LogP contribution is -2.10. The number of fused-ring (bicyclic) bond motifs is 1. The molecule has 1 aliphatic heterocycles. The highest BCUT2D eigenvalue weighted by Crippen LogP contribution is 2.31. The third-order valence-electron chi connectivity index (χ3n) is 4.88. The zero-order chi connectivity index (χ0) is 26.2. The lowest BCUT2D eigenvalue weighted by Gasteiger charge is -2.19. The molecule has 0 saturated carbocycles. The second kappa shape index (κ2) is 13.7. The van der Waals surface area contributed by atoms with Crippen LogP contribution in [-0.2, 0) is 22.0 Å². The monoisotopic (exact) mass is 500 g/mol. The third-order valence-corrected chi connectivity index (χ3v) is 6.37. The molecule has 0 amide bonds. The van der Waals surface area contributed by atoms with Crippen molar-refractivity contribution in [3.05, 3.63) is 51.2 Å². The van der Waals surface area contributed by atoms with E-state index in [1.807, 2.05) is 26.0 Å². The second-order valence-electron chi connectivity index (χ2n) is 11.4. The fraction of sp³-hybridized carbons (Fsp3) is 0.581. The van der Waals surface area contributed by atoms with E-state index in [0.717, 1.165) is 18.8 Å². The molecule has 3 nitrogen and oxygen atoms in total. The molecule has 35 heavy (non-hydrogen) atoms. The molecule has 0 atom stereocenters. The van der Waals surface area contributed by atoms with Gasteiger partial charge < -0.3 is 9.47 Å². The van der Waals surface area contributed by atoms with Crippen LogP contribution in [0, 0.1) is 17.3 Å². The molecule has 0 aliphatic carbocycles. The van der Waals surface area contributed by atoms with Crippen molar-refractivity contribution >= 4 is 17.3 Å². The largest absolute Gasteiger partial charge is 0.493 e. The van der Waals surface area contributed by atoms with Crippen LogP contribution in [0.3, 0.4) is 0 Å². The molecule has 1 aromatic carbocycles. The molecule has 1 aliphatic rings. The number of rotatable bonds is 2. The topological polar surface area (TPSA) is 35.5 Å². The zero-order valence-electron chi connectivity index (χ0n) is 23.1. The van der Waals surface area contributed by atoms with Crippen LogP contribution >= 0.6 is 11.3 Å². The summed E-state index contributed by atoms with van der Waals surface area (Å²) in [5, 5.41) is 0. The van der Waals surface area contributed by atoms with Gasteiger partial charge in [0, 0.05) is 16.7 Å². The van der Waals surface area contributed by atoms with Gasteiger partial charge in [0.2, 0.25) is 0 Å². The summed E-state index contributed by atoms with van der Waals surface area (Å²) in [4.78, 5) is 13.3. The minimum absolute atomic E-state index is 0. The van der Waals surface area contributed by atoms with Crippen LogP contribution in [0.4, 0.5) is 0 Å². The maximum atomic E-state index is 11.4. The molecule has 0 bridgehead atoms. The Morgan fingerprint density at radius 3 is 2.06 bits per heavy atom. The van der Waals surface area contributed by atoms with Gasteiger partial charge in [0.25, 0.3) is 0 Å². The average Bonchev–Trinajstić information content (AvgIpc) is 3.36. The molecule has 2 heterocycles. The minimum atomic E-state index is -0.215. The Bertz CT molecular complexity index is 983. The lowest BCUT2D eigenvalue weighted by molar-refractivity contribution is 0.0532. The Morgan fingerprint density at radius 2 is 1.63 bits per heavy atom. The van der Waals surface area contributed by atoms with E-state index < -0.39 is 0 Å². The fourth-order valence-corrected chi connectivity index (χ4v) is 4.04. The number of ether oxygens (including phenoxy) is 2. The van der Waals surface area contributed by atoms with Crippen LogP contribution in [0.2, 0.25) is 0 Å². The number of esters is 1. The van der Waals surface area contributed by atoms with Crippen molar-refractivity contribution in [2.45, 2.75) is 101 Å². The molecule has 196 valence electrons. The van der Waals surface area contributed by atoms with Gasteiger partial charge in [-0.3, -0.25) is 0 Å². The van der Waals surface area contributed by atoms with Gasteiger partial charge in [0.1, 0.15) is 10.6 Å². The van der Waals surface area contributed by atoms with Crippen LogP contribution in [0.15, 0.2) is 30.3 Å². The van der Waals surface area contributed by atoms with E-state index in [0.29, 0.717) is 11.5 Å². The van der Waals surface area contributed by atoms with Gasteiger partial charge in [-0.05, 0) is 74.8 Å². The molecular weight excluding hydrogens is 452 g/mol. The molecule has 0 unspecified atom stereocenters. The standard InChI is InChI=1S/C12H16O.C11H16O2S.C7H12.CH4/c1-12(2,3)10-4-5-11-9(8-10)6-7-13-11;1-5-13-10(12)8-6-7-9(14-8)11(2,3)4;1-5-6-7(2,3)4;/h4-5,8H,6-7H2,1-3H3;6-7H,5H2,1-4H3;1-4H3;1H4. The molecule has 0 N–H and O–H groups in total. The first-order valence-electron chi connectivity index (χ1n) is 12.1. The molecule has 0 radical (unpaired) electrons. The van der Waals surface area contributed by atoms with E-state index in [1.54, 1.807) is 0 Å². The quantitative estimate of drug-likeness (QED) is 0.305. The number of carbonyl (C=O) groups is 1. The van der Waals surface area contributed by atoms with Gasteiger partial charge in [0.05, 0.1) is 13.2 Å². The van der Waals surface area contributed by atoms with Gasteiger partial charge in [0.15, 0.2) is 0 Å². The normalized spacial score (nSPS) is 12.2. The van der Waals surface area contributed by atoms with E-state index in [9.17, 15) is 4.79 Å². The van der Waals surface area contributed by atoms with Crippen molar-refractivity contribution in [1.29, 1.82) is 0 Å². The lowest BCUT2D eigenvalue weighted by atomic mass is 9.86. The Labute approximate surface area is 219 Å². The summed E-state index contributed by atoms with van der Waals surface area (Å²) >= 11 is 1.51. The van der Waals surface area contributed by atoms with Crippen LogP contribution in [0.5, 0.6) is 5.75 Å². The van der Waals surface area contributed by atoms with Crippen LogP contribution in [0.1, 0.15) is 109 Å². The van der Waals surface area contributed by atoms with E-state index >= 15 is 0 Å². The first-order valence-corrected chi connectivity index (χ1v) is 12.9. The van der Waals surface area contributed by atoms with Gasteiger partial charge in [-0.1, -0.05) is 67.0 Å². The molecule has 0 saturated heterocycles. The summed E-state index contributed by atoms with van der Waals surface area (Å²) < 4.78 is 10.4. The smallest absolute Gasteiger partial charge is 0.348 e. The predicted octanol–water partition coefficient (Wildman–Crippen LogP) is 8.83. The number of benzene rings is 1. The molecule has 0 spiro atoms. The van der Waals surface area contributed by atoms with Crippen molar-refractivity contribution in [2.24, 2.45) is 5.41 Å². The maximum Gasteiger partial charge on any atom is 0.348 e. The zero-order valence-corrected chi connectivity index (χ0v) is 24.0. The Balaban J connectivity index is 0.000000516. The summed E-state index contributed by atoms with van der Waals surface area (Å²) in [6, 6.07) is 10.4. The van der Waals surface area contributed by atoms with E-state index in [-0.39, 0.29) is 29.6 Å². The molecule has 0 fully saturated rings. The first kappa shape index (κ1) is 32.8. The van der Waals surface area contributed by atoms with Crippen LogP contribution < -0.4 is 4.74 Å². The first-order chi connectivity index (χ1) is 15.6. The number of hydrogen-bond acceptors (Lipinski definition) is 4. The van der Waals surface area contributed by atoms with Gasteiger partial charge in [-0.15, -0.1) is 17.3 Å². The van der Waals surface area contributed by atoms with Crippen LogP contribution in [-0.4, -0.2) is 19.2 Å². The van der Waals surface area contributed by atoms with Crippen molar-refractivity contribution < 1.29 is 14.3 Å². The van der Waals surface area contributed by atoms with Crippen molar-refractivity contribution in [1.82, 2.24) is 0 Å². The maximum absolute atomic E-state index is 11.4. The summed E-state index contributed by atoms with van der Waals surface area (Å²) in [5.41, 5.74) is 3.31. The molecule has 3 rings (SSSR count). The SMILES string of the molecule is C.CC#CC(C)(C)C.CC(C)(C)c1ccc2c(c1)CCO2.CCOC(=O)c1ccc(C(C)(C)C)s1. The number of thiophene rings is 1. The summed E-state index contributed by atoms with van der Waals surface area (Å²) in [6.07, 6.45) is 1.07. The minimum Gasteiger partial charge on any atom is -0.493 e. The molecule has 1 aromatic heterocycles. The van der Waals surface area contributed by atoms with Gasteiger partial charge in [-0.2, -0.15) is 0 Å². The Kier molecular flexibility index (Phi) is 12.9. The Hall–Kier alpha value is -2.25. The van der Waals surface area contributed by atoms with Gasteiger partial charge in [-0.25, -0.2) is 4.79 Å². The average molecular weight is 501 g/mol. The summed E-state index contributed by atoms with van der Waals surface area (Å²) in [6.45, 7) is 24.4. The van der Waals surface area contributed by atoms with Crippen LogP contribution in [0.25, 0.3) is 0 Å². The molecular formula is C31H48O3S. The van der Waals surface area contributed by atoms with E-state index in [1.165, 1.54) is 27.3 Å². The summed E-state index contributed by atoms with van der Waals surface area (Å²) in [7, 11) is 0. The van der Waals surface area contributed by atoms with Crippen molar-refractivity contribution in [3.8, 4) is 17.6 Å². The summed E-state index contributed by atoms with van der Waals surface area (Å²) in [5.74, 6) is 6.75. The fourth-order valence-electron chi connectivity index (χ4n) is 3.08. The predicted molar refractivity (Wildman–Crippen MR) is 153 cm³/mol. The second-order valence-corrected chi connectivity index (χ2v) is 12.5. The molecule has 2 aromatic rings.